The van der Waals surface area contributed by atoms with Crippen molar-refractivity contribution in [2.45, 2.75) is 27.2 Å². The van der Waals surface area contributed by atoms with Gasteiger partial charge in [-0.15, -0.1) is 0 Å². The van der Waals surface area contributed by atoms with Crippen molar-refractivity contribution in [3.8, 4) is 0 Å². The molecule has 1 aromatic heterocycles. The van der Waals surface area contributed by atoms with Gasteiger partial charge in [-0.1, -0.05) is 32.1 Å². The lowest BCUT2D eigenvalue weighted by Gasteiger charge is -2.05. The Labute approximate surface area is 114 Å². The Morgan fingerprint density at radius 3 is 2.58 bits per heavy atom. The van der Waals surface area contributed by atoms with Crippen LogP contribution in [-0.2, 0) is 0 Å². The number of nitrogens with zero attached hydrogens (tertiary/aromatic N) is 1. The number of hydrogen-bond acceptors (Lipinski definition) is 4. The Morgan fingerprint density at radius 2 is 2.00 bits per heavy atom. The lowest BCUT2D eigenvalue weighted by Crippen LogP contribution is -2.25. The van der Waals surface area contributed by atoms with E-state index in [9.17, 15) is 14.4 Å². The van der Waals surface area contributed by atoms with Crippen LogP contribution in [0, 0.1) is 5.92 Å². The molecule has 2 aromatic rings. The molecule has 100 valence electrons. The molecule has 5 heteroatoms. The molecular formula is C14H15NO3S. The molecule has 0 aliphatic heterocycles. The van der Waals surface area contributed by atoms with Crippen molar-refractivity contribution in [1.82, 2.24) is 4.57 Å². The molecule has 0 aliphatic rings. The summed E-state index contributed by atoms with van der Waals surface area (Å²) < 4.78 is 1.88. The maximum absolute atomic E-state index is 12.0. The molecule has 4 nitrogen and oxygen atoms in total. The highest BCUT2D eigenvalue weighted by atomic mass is 32.1. The maximum Gasteiger partial charge on any atom is 0.314 e. The number of Topliss-reactive ketones (excluding diaryl/α,β-unsaturated/α-hetero) is 1. The van der Waals surface area contributed by atoms with Gasteiger partial charge in [-0.25, -0.2) is 4.57 Å². The molecule has 0 radical (unpaired) electrons. The third-order valence-electron chi connectivity index (χ3n) is 2.94. The summed E-state index contributed by atoms with van der Waals surface area (Å²) in [5, 5.41) is 0. The number of thiazole rings is 1. The first kappa shape index (κ1) is 13.7. The summed E-state index contributed by atoms with van der Waals surface area (Å²) >= 11 is 1.00. The van der Waals surface area contributed by atoms with E-state index in [0.29, 0.717) is 22.2 Å². The van der Waals surface area contributed by atoms with Crippen LogP contribution >= 0.6 is 11.3 Å². The predicted molar refractivity (Wildman–Crippen MR) is 76.2 cm³/mol. The first-order valence-electron chi connectivity index (χ1n) is 6.18. The van der Waals surface area contributed by atoms with Crippen LogP contribution in [0.3, 0.4) is 0 Å². The fourth-order valence-electron chi connectivity index (χ4n) is 1.86. The van der Waals surface area contributed by atoms with Crippen LogP contribution in [0.15, 0.2) is 23.0 Å². The van der Waals surface area contributed by atoms with Gasteiger partial charge in [0, 0.05) is 17.9 Å². The highest BCUT2D eigenvalue weighted by Crippen LogP contribution is 2.20. The van der Waals surface area contributed by atoms with E-state index in [-0.39, 0.29) is 22.5 Å². The number of carbonyl (C=O) groups excluding carboxylic acids is 2. The number of carbonyl (C=O) groups is 2. The van der Waals surface area contributed by atoms with Gasteiger partial charge in [0.2, 0.25) is 5.91 Å². The Bertz CT molecular complexity index is 709. The minimum absolute atomic E-state index is 0.0319. The normalized spacial score (nSPS) is 11.2. The zero-order valence-corrected chi connectivity index (χ0v) is 11.9. The SMILES string of the molecule is CCC(=O)c1ccc2c(c1)sc(=O)n2C(=O)C(C)C. The van der Waals surface area contributed by atoms with Crippen LogP contribution in [0.4, 0.5) is 0 Å². The molecule has 0 aliphatic carbocycles. The summed E-state index contributed by atoms with van der Waals surface area (Å²) in [5.74, 6) is -0.428. The molecule has 0 fully saturated rings. The summed E-state index contributed by atoms with van der Waals surface area (Å²) in [5.41, 5.74) is 1.17. The highest BCUT2D eigenvalue weighted by Gasteiger charge is 2.18. The van der Waals surface area contributed by atoms with Gasteiger partial charge < -0.3 is 0 Å². The second kappa shape index (κ2) is 5.09. The van der Waals surface area contributed by atoms with Gasteiger partial charge in [0.25, 0.3) is 0 Å². The average Bonchev–Trinajstić information content (AvgIpc) is 2.71. The van der Waals surface area contributed by atoms with Crippen LogP contribution in [0.5, 0.6) is 0 Å². The lowest BCUT2D eigenvalue weighted by molar-refractivity contribution is 0.0858. The second-order valence-electron chi connectivity index (χ2n) is 4.66. The van der Waals surface area contributed by atoms with Crippen molar-refractivity contribution in [1.29, 1.82) is 0 Å². The molecule has 0 saturated heterocycles. The van der Waals surface area contributed by atoms with Crippen LogP contribution in [0.25, 0.3) is 10.2 Å². The van der Waals surface area contributed by atoms with Crippen molar-refractivity contribution in [3.63, 3.8) is 0 Å². The molecular weight excluding hydrogens is 262 g/mol. The fourth-order valence-corrected chi connectivity index (χ4v) is 2.78. The molecule has 19 heavy (non-hydrogen) atoms. The largest absolute Gasteiger partial charge is 0.314 e. The first-order chi connectivity index (χ1) is 8.95. The third kappa shape index (κ3) is 2.38. The first-order valence-corrected chi connectivity index (χ1v) is 7.00. The van der Waals surface area contributed by atoms with Crippen LogP contribution in [0.2, 0.25) is 0 Å². The molecule has 0 atom stereocenters. The second-order valence-corrected chi connectivity index (χ2v) is 5.65. The van der Waals surface area contributed by atoms with E-state index in [0.717, 1.165) is 11.3 Å². The molecule has 0 saturated carbocycles. The van der Waals surface area contributed by atoms with Gasteiger partial charge in [0.1, 0.15) is 0 Å². The van der Waals surface area contributed by atoms with Gasteiger partial charge in [-0.3, -0.25) is 14.4 Å². The van der Waals surface area contributed by atoms with E-state index in [4.69, 9.17) is 0 Å². The van der Waals surface area contributed by atoms with Crippen molar-refractivity contribution < 1.29 is 9.59 Å². The number of ketones is 1. The number of aromatic nitrogens is 1. The predicted octanol–water partition coefficient (Wildman–Crippen LogP) is 2.95. The number of fused-ring (bicyclic) bond motifs is 1. The molecule has 0 amide bonds. The molecule has 0 bridgehead atoms. The van der Waals surface area contributed by atoms with Gasteiger partial charge in [0.05, 0.1) is 10.2 Å². The average molecular weight is 277 g/mol. The van der Waals surface area contributed by atoms with E-state index < -0.39 is 0 Å². The highest BCUT2D eigenvalue weighted by molar-refractivity contribution is 7.16. The summed E-state index contributed by atoms with van der Waals surface area (Å²) in [6.45, 7) is 5.31. The number of rotatable bonds is 3. The molecule has 0 spiro atoms. The summed E-state index contributed by atoms with van der Waals surface area (Å²) in [6.07, 6.45) is 0.423. The minimum Gasteiger partial charge on any atom is -0.294 e. The van der Waals surface area contributed by atoms with E-state index in [1.165, 1.54) is 4.57 Å². The zero-order chi connectivity index (χ0) is 14.2. The Balaban J connectivity index is 2.64. The van der Waals surface area contributed by atoms with Crippen LogP contribution in [0.1, 0.15) is 42.3 Å². The van der Waals surface area contributed by atoms with Gasteiger partial charge in [0.15, 0.2) is 5.78 Å². The minimum atomic E-state index is -0.296. The van der Waals surface area contributed by atoms with E-state index >= 15 is 0 Å². The smallest absolute Gasteiger partial charge is 0.294 e. The van der Waals surface area contributed by atoms with Crippen molar-refractivity contribution in [2.24, 2.45) is 5.92 Å². The van der Waals surface area contributed by atoms with Crippen molar-refractivity contribution in [2.75, 3.05) is 0 Å². The standard InChI is InChI=1S/C14H15NO3S/c1-4-11(16)9-5-6-10-12(7-9)19-14(18)15(10)13(17)8(2)3/h5-8H,4H2,1-3H3. The number of hydrogen-bond donors (Lipinski definition) is 0. The Hall–Kier alpha value is -1.75. The van der Waals surface area contributed by atoms with Crippen molar-refractivity contribution in [3.05, 3.63) is 33.4 Å². The third-order valence-corrected chi connectivity index (χ3v) is 3.84. The maximum atomic E-state index is 12.0. The molecule has 0 N–H and O–H groups in total. The fraction of sp³-hybridized carbons (Fsp3) is 0.357. The van der Waals surface area contributed by atoms with Gasteiger partial charge >= 0.3 is 4.87 Å². The molecule has 1 aromatic carbocycles. The Kier molecular flexibility index (Phi) is 3.66. The molecule has 0 unspecified atom stereocenters. The molecule has 2 rings (SSSR count). The quantitative estimate of drug-likeness (QED) is 0.810. The monoisotopic (exact) mass is 277 g/mol. The summed E-state index contributed by atoms with van der Waals surface area (Å²) in [6, 6.07) is 5.04. The van der Waals surface area contributed by atoms with E-state index in [2.05, 4.69) is 0 Å². The lowest BCUT2D eigenvalue weighted by atomic mass is 10.1. The summed E-state index contributed by atoms with van der Waals surface area (Å²) in [7, 11) is 0. The van der Waals surface area contributed by atoms with Crippen molar-refractivity contribution >= 4 is 33.2 Å². The zero-order valence-electron chi connectivity index (χ0n) is 11.1. The number of benzene rings is 1. The van der Waals surface area contributed by atoms with E-state index in [1.54, 1.807) is 39.0 Å². The van der Waals surface area contributed by atoms with Gasteiger partial charge in [-0.2, -0.15) is 0 Å². The van der Waals surface area contributed by atoms with E-state index in [1.807, 2.05) is 0 Å². The van der Waals surface area contributed by atoms with Gasteiger partial charge in [-0.05, 0) is 18.2 Å². The molecule has 1 heterocycles. The topological polar surface area (TPSA) is 56.1 Å². The Morgan fingerprint density at radius 1 is 1.32 bits per heavy atom. The van der Waals surface area contributed by atoms with Crippen LogP contribution in [-0.4, -0.2) is 16.3 Å². The van der Waals surface area contributed by atoms with Crippen LogP contribution < -0.4 is 4.87 Å². The summed E-state index contributed by atoms with van der Waals surface area (Å²) in [4.78, 5) is 35.3.